The molecular formula is C11H15ClN4NiO9. The van der Waals surface area contributed by atoms with Crippen molar-refractivity contribution < 1.29 is 41.7 Å². The summed E-state index contributed by atoms with van der Waals surface area (Å²) in [6.07, 6.45) is 1.49. The van der Waals surface area contributed by atoms with Crippen LogP contribution < -0.4 is 10.2 Å². The van der Waals surface area contributed by atoms with Gasteiger partial charge in [0.1, 0.15) is 5.75 Å². The monoisotopic (exact) mass is 440 g/mol. The number of nitrogens with zero attached hydrogens (tertiary/aromatic N) is 3. The average Bonchev–Trinajstić information content (AvgIpc) is 2.43. The second-order valence-corrected chi connectivity index (χ2v) is 4.00. The van der Waals surface area contributed by atoms with Crippen molar-refractivity contribution in [3.63, 3.8) is 0 Å². The minimum absolute atomic E-state index is 0. The quantitative estimate of drug-likeness (QED) is 0.305. The van der Waals surface area contributed by atoms with E-state index in [1.165, 1.54) is 6.21 Å². The van der Waals surface area contributed by atoms with Crippen molar-refractivity contribution in [1.29, 1.82) is 0 Å². The SMILES string of the molecule is C/C=N/NC(=O)COc1ccc(Cl)cc1C.O.O=[N+]([O-])[O-].O=[N+]([O-])[O-].[Ni+2]. The molecule has 3 N–H and O–H groups in total. The molecule has 0 bridgehead atoms. The Hall–Kier alpha value is -2.70. The molecule has 0 spiro atoms. The number of hydrazone groups is 1. The normalized spacial score (nSPS) is 8.27. The molecular weight excluding hydrogens is 426 g/mol. The zero-order valence-electron chi connectivity index (χ0n) is 13.3. The van der Waals surface area contributed by atoms with Crippen molar-refractivity contribution in [3.05, 3.63) is 59.4 Å². The first kappa shape index (κ1) is 31.1. The van der Waals surface area contributed by atoms with Gasteiger partial charge in [0.05, 0.1) is 10.2 Å². The Balaban J connectivity index is -0.000000206. The summed E-state index contributed by atoms with van der Waals surface area (Å²) >= 11 is 5.79. The Morgan fingerprint density at radius 3 is 2.12 bits per heavy atom. The number of ether oxygens (including phenoxy) is 1. The van der Waals surface area contributed by atoms with Crippen LogP contribution in [0.25, 0.3) is 0 Å². The molecule has 15 heteroatoms. The number of benzene rings is 1. The summed E-state index contributed by atoms with van der Waals surface area (Å²) in [5.74, 6) is 0.340. The van der Waals surface area contributed by atoms with Crippen molar-refractivity contribution >= 4 is 23.7 Å². The van der Waals surface area contributed by atoms with E-state index in [2.05, 4.69) is 10.5 Å². The van der Waals surface area contributed by atoms with Gasteiger partial charge in [-0.3, -0.25) is 4.79 Å². The number of carbonyl (C=O) groups is 1. The van der Waals surface area contributed by atoms with E-state index in [0.717, 1.165) is 5.56 Å². The van der Waals surface area contributed by atoms with Crippen LogP contribution in [0.1, 0.15) is 12.5 Å². The van der Waals surface area contributed by atoms with Gasteiger partial charge >= 0.3 is 16.5 Å². The minimum atomic E-state index is -1.75. The van der Waals surface area contributed by atoms with Gasteiger partial charge in [-0.1, -0.05) is 11.6 Å². The smallest absolute Gasteiger partial charge is 0.483 e. The van der Waals surface area contributed by atoms with Gasteiger partial charge < -0.3 is 40.9 Å². The van der Waals surface area contributed by atoms with E-state index in [1.54, 1.807) is 25.1 Å². The van der Waals surface area contributed by atoms with E-state index in [1.807, 2.05) is 6.92 Å². The third-order valence-electron chi connectivity index (χ3n) is 1.81. The summed E-state index contributed by atoms with van der Waals surface area (Å²) < 4.78 is 5.31. The second kappa shape index (κ2) is 18.6. The predicted molar refractivity (Wildman–Crippen MR) is 88.3 cm³/mol. The standard InChI is InChI=1S/C11H13ClN2O2.2NO3.Ni.H2O/c1-3-13-14-11(15)7-16-10-5-4-9(12)6-8(10)2;2*2-1(3)4;;/h3-6H,7H2,1-2H3,(H,14,15);;;;1H2/q;2*-1;+2;/b13-3+;;;;. The molecule has 150 valence electrons. The minimum Gasteiger partial charge on any atom is -0.483 e. The van der Waals surface area contributed by atoms with Crippen molar-refractivity contribution in [2.75, 3.05) is 6.61 Å². The third-order valence-corrected chi connectivity index (χ3v) is 2.05. The van der Waals surface area contributed by atoms with Gasteiger partial charge in [-0.15, -0.1) is 0 Å². The van der Waals surface area contributed by atoms with Crippen LogP contribution in [0.2, 0.25) is 5.02 Å². The molecule has 0 saturated carbocycles. The van der Waals surface area contributed by atoms with Gasteiger partial charge in [0.25, 0.3) is 5.91 Å². The summed E-state index contributed by atoms with van der Waals surface area (Å²) in [6, 6.07) is 5.22. The first-order valence-electron chi connectivity index (χ1n) is 5.88. The van der Waals surface area contributed by atoms with Gasteiger partial charge in [0.2, 0.25) is 0 Å². The largest absolute Gasteiger partial charge is 2.00 e. The van der Waals surface area contributed by atoms with E-state index >= 15 is 0 Å². The van der Waals surface area contributed by atoms with Crippen LogP contribution in [-0.2, 0) is 21.3 Å². The molecule has 1 rings (SSSR count). The Morgan fingerprint density at radius 2 is 1.73 bits per heavy atom. The van der Waals surface area contributed by atoms with Crippen molar-refractivity contribution in [2.45, 2.75) is 13.8 Å². The van der Waals surface area contributed by atoms with E-state index in [9.17, 15) is 4.79 Å². The van der Waals surface area contributed by atoms with Gasteiger partial charge in [-0.05, 0) is 37.6 Å². The van der Waals surface area contributed by atoms with Crippen molar-refractivity contribution in [1.82, 2.24) is 5.43 Å². The average molecular weight is 441 g/mol. The molecule has 0 radical (unpaired) electrons. The van der Waals surface area contributed by atoms with Crippen LogP contribution in [0.3, 0.4) is 0 Å². The van der Waals surface area contributed by atoms with E-state index in [0.29, 0.717) is 10.8 Å². The Kier molecular flexibility index (Phi) is 22.3. The second-order valence-electron chi connectivity index (χ2n) is 3.57. The fourth-order valence-electron chi connectivity index (χ4n) is 1.09. The van der Waals surface area contributed by atoms with Crippen LogP contribution in [-0.4, -0.2) is 34.4 Å². The van der Waals surface area contributed by atoms with Crippen LogP contribution in [0, 0.1) is 37.6 Å². The van der Waals surface area contributed by atoms with E-state index in [-0.39, 0.29) is 34.5 Å². The van der Waals surface area contributed by atoms with Crippen molar-refractivity contribution in [2.24, 2.45) is 5.10 Å². The Bertz CT molecular complexity index is 569. The topological polar surface area (TPSA) is 215 Å². The number of aryl methyl sites for hydroxylation is 1. The molecule has 1 aromatic rings. The third kappa shape index (κ3) is 23.6. The van der Waals surface area contributed by atoms with Crippen LogP contribution >= 0.6 is 11.6 Å². The first-order chi connectivity index (χ1) is 11.1. The molecule has 13 nitrogen and oxygen atoms in total. The molecule has 26 heavy (non-hydrogen) atoms. The molecule has 1 aromatic carbocycles. The van der Waals surface area contributed by atoms with Gasteiger partial charge in [0.15, 0.2) is 6.61 Å². The number of hydrogen-bond acceptors (Lipinski definition) is 9. The van der Waals surface area contributed by atoms with Crippen LogP contribution in [0.4, 0.5) is 0 Å². The molecule has 0 aliphatic heterocycles. The summed E-state index contributed by atoms with van der Waals surface area (Å²) in [4.78, 5) is 27.7. The summed E-state index contributed by atoms with van der Waals surface area (Å²) in [5, 5.41) is 33.7. The number of rotatable bonds is 4. The molecule has 0 unspecified atom stereocenters. The predicted octanol–water partition coefficient (Wildman–Crippen LogP) is 0.844. The Morgan fingerprint density at radius 1 is 1.27 bits per heavy atom. The first-order valence-corrected chi connectivity index (χ1v) is 6.26. The molecule has 0 fully saturated rings. The fraction of sp³-hybridized carbons (Fsp3) is 0.273. The number of hydrogen-bond donors (Lipinski definition) is 1. The Labute approximate surface area is 162 Å². The van der Waals surface area contributed by atoms with Gasteiger partial charge in [0, 0.05) is 11.2 Å². The summed E-state index contributed by atoms with van der Waals surface area (Å²) in [6.45, 7) is 3.51. The molecule has 0 aromatic heterocycles. The molecule has 1 amide bonds. The number of carbonyl (C=O) groups excluding carboxylic acids is 1. The van der Waals surface area contributed by atoms with E-state index < -0.39 is 10.2 Å². The molecule has 0 aliphatic carbocycles. The van der Waals surface area contributed by atoms with Gasteiger partial charge in [-0.25, -0.2) is 5.43 Å². The summed E-state index contributed by atoms with van der Waals surface area (Å²) in [7, 11) is 0. The van der Waals surface area contributed by atoms with E-state index in [4.69, 9.17) is 47.0 Å². The molecule has 0 heterocycles. The number of amides is 1. The number of halogens is 1. The summed E-state index contributed by atoms with van der Waals surface area (Å²) in [5.41, 5.74) is 3.20. The molecule has 0 saturated heterocycles. The maximum absolute atomic E-state index is 11.2. The maximum Gasteiger partial charge on any atom is 2.00 e. The molecule has 0 aliphatic rings. The molecule has 0 atom stereocenters. The van der Waals surface area contributed by atoms with Crippen LogP contribution in [0.15, 0.2) is 23.3 Å². The van der Waals surface area contributed by atoms with Crippen molar-refractivity contribution in [3.8, 4) is 5.75 Å². The van der Waals surface area contributed by atoms with Crippen LogP contribution in [0.5, 0.6) is 5.75 Å². The zero-order chi connectivity index (χ0) is 19.1. The van der Waals surface area contributed by atoms with Gasteiger partial charge in [-0.2, -0.15) is 5.10 Å². The number of nitrogens with one attached hydrogen (secondary N) is 1. The maximum atomic E-state index is 11.2. The fourth-order valence-corrected chi connectivity index (χ4v) is 1.31. The zero-order valence-corrected chi connectivity index (χ0v) is 15.1.